The van der Waals surface area contributed by atoms with Crippen LogP contribution in [0.2, 0.25) is 0 Å². The fraction of sp³-hybridized carbons (Fsp3) is 0.417. The molecule has 296 valence electrons. The minimum Gasteiger partial charge on any atom is -0.398 e. The van der Waals surface area contributed by atoms with Crippen LogP contribution in [0.25, 0.3) is 9.69 Å². The first-order chi connectivity index (χ1) is 26.8. The molecule has 0 saturated heterocycles. The van der Waals surface area contributed by atoms with Crippen LogP contribution in [-0.4, -0.2) is 37.3 Å². The number of benzene rings is 4. The van der Waals surface area contributed by atoms with Gasteiger partial charge in [0.1, 0.15) is 5.84 Å². The number of hydrogen-bond acceptors (Lipinski definition) is 4. The number of aliphatic imine (C=N–C) groups is 1. The lowest BCUT2D eigenvalue weighted by Gasteiger charge is -2.28. The van der Waals surface area contributed by atoms with Crippen LogP contribution in [0.4, 0.5) is 22.7 Å². The molecule has 0 radical (unpaired) electrons. The lowest BCUT2D eigenvalue weighted by atomic mass is 9.92. The van der Waals surface area contributed by atoms with Crippen molar-refractivity contribution in [3.63, 3.8) is 0 Å². The van der Waals surface area contributed by atoms with Gasteiger partial charge in [0.25, 0.3) is 5.91 Å². The van der Waals surface area contributed by atoms with E-state index >= 15 is 0 Å². The number of nitrogens with zero attached hydrogens (tertiary/aromatic N) is 4. The molecule has 0 aromatic heterocycles. The van der Waals surface area contributed by atoms with Crippen molar-refractivity contribution in [2.45, 2.75) is 81.1 Å². The minimum absolute atomic E-state index is 0.0729. The van der Waals surface area contributed by atoms with Gasteiger partial charge < -0.3 is 16.0 Å². The third-order valence-corrected chi connectivity index (χ3v) is 9.11. The van der Waals surface area contributed by atoms with Gasteiger partial charge in [0.05, 0.1) is 19.7 Å². The number of hydrogen-bond donors (Lipinski definition) is 2. The van der Waals surface area contributed by atoms with Crippen LogP contribution in [0.3, 0.4) is 0 Å². The van der Waals surface area contributed by atoms with Gasteiger partial charge in [-0.1, -0.05) is 128 Å². The first kappa shape index (κ1) is 45.3. The maximum Gasteiger partial charge on any atom is 0.251 e. The highest BCUT2D eigenvalue weighted by molar-refractivity contribution is 6.18. The van der Waals surface area contributed by atoms with Crippen molar-refractivity contribution in [3.8, 4) is 0 Å². The molecule has 8 heteroatoms. The highest BCUT2D eigenvalue weighted by Gasteiger charge is 2.26. The lowest BCUT2D eigenvalue weighted by Crippen LogP contribution is -2.30. The molecule has 4 aromatic rings. The Balaban J connectivity index is 0.000000248. The summed E-state index contributed by atoms with van der Waals surface area (Å²) in [4.78, 5) is 25.7. The number of nitrogens with two attached hydrogens (primary N) is 1. The van der Waals surface area contributed by atoms with Crippen LogP contribution in [0.1, 0.15) is 93.6 Å². The van der Waals surface area contributed by atoms with Gasteiger partial charge in [-0.25, -0.2) is 9.69 Å². The molecular weight excluding hydrogens is 712 g/mol. The van der Waals surface area contributed by atoms with E-state index in [1.165, 1.54) is 16.8 Å². The number of nitrogens with one attached hydrogen (secondary N) is 1. The van der Waals surface area contributed by atoms with Gasteiger partial charge in [-0.15, -0.1) is 11.6 Å². The van der Waals surface area contributed by atoms with Crippen molar-refractivity contribution in [1.82, 2.24) is 5.32 Å². The largest absolute Gasteiger partial charge is 0.398 e. The quantitative estimate of drug-likeness (QED) is 0.0807. The Morgan fingerprint density at radius 3 is 1.59 bits per heavy atom. The zero-order valence-electron chi connectivity index (χ0n) is 34.7. The zero-order valence-corrected chi connectivity index (χ0v) is 35.5. The minimum atomic E-state index is -0.0729. The van der Waals surface area contributed by atoms with Crippen LogP contribution in [0.5, 0.6) is 0 Å². The van der Waals surface area contributed by atoms with E-state index in [2.05, 4.69) is 112 Å². The first-order valence-electron chi connectivity index (χ1n) is 19.9. The van der Waals surface area contributed by atoms with Crippen LogP contribution >= 0.6 is 11.6 Å². The fourth-order valence-corrected chi connectivity index (χ4v) is 6.83. The molecule has 1 aliphatic rings. The van der Waals surface area contributed by atoms with Crippen LogP contribution in [-0.2, 0) is 25.7 Å². The Bertz CT molecular complexity index is 1890. The molecule has 0 saturated carbocycles. The number of halogens is 1. The molecule has 3 N–H and O–H groups in total. The van der Waals surface area contributed by atoms with Crippen molar-refractivity contribution in [2.75, 3.05) is 36.1 Å². The number of carbonyl (C=O) groups is 1. The fourth-order valence-electron chi connectivity index (χ4n) is 6.74. The summed E-state index contributed by atoms with van der Waals surface area (Å²) in [7, 11) is 0. The Morgan fingerprint density at radius 2 is 1.16 bits per heavy atom. The number of rotatable bonds is 13. The van der Waals surface area contributed by atoms with E-state index in [4.69, 9.17) is 35.5 Å². The number of alkyl halides is 1. The molecular formula is C48H61ClN6O. The van der Waals surface area contributed by atoms with Gasteiger partial charge in [0.2, 0.25) is 0 Å². The predicted molar refractivity (Wildman–Crippen MR) is 239 cm³/mol. The summed E-state index contributed by atoms with van der Waals surface area (Å²) in [5.41, 5.74) is 16.5. The molecule has 56 heavy (non-hydrogen) atoms. The molecule has 0 aliphatic carbocycles. The van der Waals surface area contributed by atoms with Gasteiger partial charge in [0.15, 0.2) is 11.4 Å². The van der Waals surface area contributed by atoms with E-state index in [0.29, 0.717) is 47.3 Å². The molecule has 1 aliphatic heterocycles. The summed E-state index contributed by atoms with van der Waals surface area (Å²) in [6.07, 6.45) is 3.84. The van der Waals surface area contributed by atoms with Crippen molar-refractivity contribution in [1.29, 1.82) is 0 Å². The van der Waals surface area contributed by atoms with Crippen LogP contribution in [0, 0.1) is 36.8 Å². The molecule has 0 bridgehead atoms. The Kier molecular flexibility index (Phi) is 18.7. The first-order valence-corrected chi connectivity index (χ1v) is 20.4. The summed E-state index contributed by atoms with van der Waals surface area (Å²) in [5, 5.41) is 2.68. The molecule has 0 fully saturated rings. The smallest absolute Gasteiger partial charge is 0.251 e. The average Bonchev–Trinajstić information content (AvgIpc) is 3.65. The Hall–Kier alpha value is -5.11. The SMILES string of the molecule is O=C(NCCCl)c1ccccc1.[C-]#[N+]c1cc(CC(C)C)c(N)c(CC(C)C)c1.[C-]#[N+]c1cc(CC(C)C)c(N2CCN=C2c2ccccc2)c(CC(C)C)c1. The van der Waals surface area contributed by atoms with Crippen molar-refractivity contribution >= 4 is 46.1 Å². The molecule has 1 amide bonds. The summed E-state index contributed by atoms with van der Waals surface area (Å²) >= 11 is 5.42. The third-order valence-electron chi connectivity index (χ3n) is 8.92. The maximum absolute atomic E-state index is 11.2. The van der Waals surface area contributed by atoms with Crippen molar-refractivity contribution in [3.05, 3.63) is 141 Å². The predicted octanol–water partition coefficient (Wildman–Crippen LogP) is 11.8. The standard InChI is InChI=1S/C24H29N3.C15H22N2.C9H10ClNO/c1-17(2)13-20-15-22(25-5)16-21(14-18(3)4)23(20)27-12-11-26-24(27)19-9-7-6-8-10-19;1-10(2)6-12-8-14(17-5)9-13(15(12)16)7-11(3)4;10-6-7-11-9(12)8-4-2-1-3-5-8/h6-10,15-18H,11-14H2,1-4H3;8-11H,6-7,16H2,1-4H3;1-5H,6-7H2,(H,11,12). The molecule has 7 nitrogen and oxygen atoms in total. The number of carbonyl (C=O) groups excluding carboxylic acids is 1. The van der Waals surface area contributed by atoms with Crippen LogP contribution in [0.15, 0.2) is 89.9 Å². The Morgan fingerprint density at radius 1 is 0.732 bits per heavy atom. The second-order valence-electron chi connectivity index (χ2n) is 15.9. The van der Waals surface area contributed by atoms with Gasteiger partial charge in [-0.3, -0.25) is 9.79 Å². The normalized spacial score (nSPS) is 12.1. The average molecular weight is 774 g/mol. The summed E-state index contributed by atoms with van der Waals surface area (Å²) in [5.74, 6) is 3.62. The third kappa shape index (κ3) is 14.2. The van der Waals surface area contributed by atoms with E-state index in [1.807, 2.05) is 36.4 Å². The maximum atomic E-state index is 11.2. The van der Waals surface area contributed by atoms with Gasteiger partial charge in [0, 0.05) is 41.5 Å². The van der Waals surface area contributed by atoms with Crippen LogP contribution < -0.4 is 16.0 Å². The van der Waals surface area contributed by atoms with E-state index in [-0.39, 0.29) is 5.91 Å². The van der Waals surface area contributed by atoms with E-state index in [0.717, 1.165) is 72.7 Å². The monoisotopic (exact) mass is 772 g/mol. The zero-order chi connectivity index (χ0) is 41.2. The number of nitrogen functional groups attached to an aromatic ring is 1. The number of amides is 1. The molecule has 5 rings (SSSR count). The highest BCUT2D eigenvalue weighted by atomic mass is 35.5. The number of anilines is 2. The summed E-state index contributed by atoms with van der Waals surface area (Å²) in [6.45, 7) is 34.6. The van der Waals surface area contributed by atoms with Crippen molar-refractivity contribution < 1.29 is 4.79 Å². The van der Waals surface area contributed by atoms with E-state index < -0.39 is 0 Å². The molecule has 0 unspecified atom stereocenters. The number of amidine groups is 1. The highest BCUT2D eigenvalue weighted by Crippen LogP contribution is 2.36. The second-order valence-corrected chi connectivity index (χ2v) is 16.3. The van der Waals surface area contributed by atoms with E-state index in [9.17, 15) is 4.79 Å². The van der Waals surface area contributed by atoms with Gasteiger partial charge >= 0.3 is 0 Å². The topological polar surface area (TPSA) is 79.4 Å². The Labute approximate surface area is 342 Å². The summed E-state index contributed by atoms with van der Waals surface area (Å²) in [6, 6.07) is 27.6. The molecule has 1 heterocycles. The molecule has 4 aromatic carbocycles. The molecule has 0 spiro atoms. The van der Waals surface area contributed by atoms with Crippen molar-refractivity contribution in [2.24, 2.45) is 28.7 Å². The second kappa shape index (κ2) is 23.1. The summed E-state index contributed by atoms with van der Waals surface area (Å²) < 4.78 is 0. The van der Waals surface area contributed by atoms with Gasteiger partial charge in [-0.2, -0.15) is 0 Å². The van der Waals surface area contributed by atoms with Gasteiger partial charge in [-0.05, 0) is 83.7 Å². The molecule has 0 atom stereocenters. The van der Waals surface area contributed by atoms with E-state index in [1.54, 1.807) is 12.1 Å². The lowest BCUT2D eigenvalue weighted by molar-refractivity contribution is 0.0956.